The monoisotopic (exact) mass is 356 g/mol. The quantitative estimate of drug-likeness (QED) is 0.595. The van der Waals surface area contributed by atoms with Gasteiger partial charge < -0.3 is 10.3 Å². The van der Waals surface area contributed by atoms with Gasteiger partial charge in [-0.25, -0.2) is 0 Å². The number of benzene rings is 1. The summed E-state index contributed by atoms with van der Waals surface area (Å²) in [5, 5.41) is 2.75. The molecule has 0 aliphatic carbocycles. The summed E-state index contributed by atoms with van der Waals surface area (Å²) in [6.45, 7) is 5.75. The van der Waals surface area contributed by atoms with Crippen molar-refractivity contribution < 1.29 is 14.4 Å². The van der Waals surface area contributed by atoms with E-state index in [1.165, 1.54) is 0 Å². The Hall–Kier alpha value is -3.09. The Balaban J connectivity index is 2.01. The zero-order chi connectivity index (χ0) is 19.1. The van der Waals surface area contributed by atoms with Crippen LogP contribution >= 0.6 is 0 Å². The molecule has 1 aromatic carbocycles. The second-order valence-electron chi connectivity index (χ2n) is 6.50. The number of rotatable bonds is 6. The number of hydrazine groups is 1. The molecule has 0 aliphatic heterocycles. The summed E-state index contributed by atoms with van der Waals surface area (Å²) in [4.78, 5) is 39.6. The standard InChI is InChI=1S/C19H24N4O3/c1-12(2)11-16(21-17(24)14-8-5-4-7-13(14)3)19(26)23-22-18(25)15-9-6-10-20-15/h4-10,12,16,20H,11H2,1-3H3,(H,21,24)(H,22,25)(H,23,26). The molecule has 4 N–H and O–H groups in total. The molecule has 2 aromatic rings. The number of carbonyl (C=O) groups excluding carboxylic acids is 3. The number of hydrogen-bond donors (Lipinski definition) is 4. The minimum Gasteiger partial charge on any atom is -0.357 e. The Kier molecular flexibility index (Phi) is 6.54. The van der Waals surface area contributed by atoms with Gasteiger partial charge in [-0.05, 0) is 43.0 Å². The maximum atomic E-state index is 12.5. The van der Waals surface area contributed by atoms with Crippen LogP contribution in [0.5, 0.6) is 0 Å². The van der Waals surface area contributed by atoms with Gasteiger partial charge in [0.2, 0.25) is 0 Å². The molecule has 0 bridgehead atoms. The van der Waals surface area contributed by atoms with Crippen molar-refractivity contribution in [2.45, 2.75) is 33.2 Å². The molecule has 2 rings (SSSR count). The zero-order valence-electron chi connectivity index (χ0n) is 15.1. The molecule has 0 saturated heterocycles. The summed E-state index contributed by atoms with van der Waals surface area (Å²) in [6.07, 6.45) is 2.06. The number of hydrogen-bond acceptors (Lipinski definition) is 3. The van der Waals surface area contributed by atoms with Crippen molar-refractivity contribution in [3.05, 3.63) is 59.4 Å². The normalized spacial score (nSPS) is 11.7. The number of aromatic nitrogens is 1. The van der Waals surface area contributed by atoms with E-state index < -0.39 is 17.9 Å². The van der Waals surface area contributed by atoms with E-state index in [2.05, 4.69) is 21.2 Å². The molecule has 0 fully saturated rings. The van der Waals surface area contributed by atoms with E-state index in [-0.39, 0.29) is 11.8 Å². The Labute approximate surface area is 152 Å². The molecule has 1 atom stereocenters. The van der Waals surface area contributed by atoms with Gasteiger partial charge in [-0.3, -0.25) is 25.2 Å². The molecule has 7 nitrogen and oxygen atoms in total. The van der Waals surface area contributed by atoms with Gasteiger partial charge in [-0.2, -0.15) is 0 Å². The molecule has 1 aromatic heterocycles. The lowest BCUT2D eigenvalue weighted by molar-refractivity contribution is -0.124. The number of carbonyl (C=O) groups is 3. The lowest BCUT2D eigenvalue weighted by Gasteiger charge is -2.20. The minimum atomic E-state index is -0.758. The van der Waals surface area contributed by atoms with Crippen molar-refractivity contribution in [3.63, 3.8) is 0 Å². The van der Waals surface area contributed by atoms with Crippen molar-refractivity contribution in [1.29, 1.82) is 0 Å². The van der Waals surface area contributed by atoms with Crippen LogP contribution in [0.4, 0.5) is 0 Å². The van der Waals surface area contributed by atoms with E-state index in [1.807, 2.05) is 32.9 Å². The van der Waals surface area contributed by atoms with E-state index in [4.69, 9.17) is 0 Å². The van der Waals surface area contributed by atoms with E-state index >= 15 is 0 Å². The van der Waals surface area contributed by atoms with Crippen LogP contribution in [0.25, 0.3) is 0 Å². The van der Waals surface area contributed by atoms with E-state index in [9.17, 15) is 14.4 Å². The van der Waals surface area contributed by atoms with E-state index in [0.717, 1.165) is 5.56 Å². The van der Waals surface area contributed by atoms with Gasteiger partial charge in [-0.1, -0.05) is 32.0 Å². The topological polar surface area (TPSA) is 103 Å². The fourth-order valence-electron chi connectivity index (χ4n) is 2.51. The van der Waals surface area contributed by atoms with Crippen molar-refractivity contribution in [1.82, 2.24) is 21.2 Å². The zero-order valence-corrected chi connectivity index (χ0v) is 15.1. The molecule has 0 saturated carbocycles. The van der Waals surface area contributed by atoms with Crippen molar-refractivity contribution in [2.24, 2.45) is 5.92 Å². The van der Waals surface area contributed by atoms with Crippen LogP contribution in [-0.2, 0) is 4.79 Å². The Morgan fingerprint density at radius 3 is 2.35 bits per heavy atom. The summed E-state index contributed by atoms with van der Waals surface area (Å²) in [7, 11) is 0. The number of aryl methyl sites for hydroxylation is 1. The number of aromatic amines is 1. The average molecular weight is 356 g/mol. The van der Waals surface area contributed by atoms with Crippen LogP contribution in [0.3, 0.4) is 0 Å². The highest BCUT2D eigenvalue weighted by Gasteiger charge is 2.23. The molecule has 3 amide bonds. The first-order valence-electron chi connectivity index (χ1n) is 8.48. The summed E-state index contributed by atoms with van der Waals surface area (Å²) in [6, 6.07) is 9.68. The van der Waals surface area contributed by atoms with Crippen LogP contribution in [-0.4, -0.2) is 28.7 Å². The highest BCUT2D eigenvalue weighted by Crippen LogP contribution is 2.10. The van der Waals surface area contributed by atoms with Gasteiger partial charge in [-0.15, -0.1) is 0 Å². The molecule has 0 aliphatic rings. The fraction of sp³-hybridized carbons (Fsp3) is 0.316. The van der Waals surface area contributed by atoms with Crippen molar-refractivity contribution >= 4 is 17.7 Å². The lowest BCUT2D eigenvalue weighted by atomic mass is 10.0. The van der Waals surface area contributed by atoms with E-state index in [1.54, 1.807) is 30.5 Å². The Morgan fingerprint density at radius 1 is 1.00 bits per heavy atom. The first-order valence-corrected chi connectivity index (χ1v) is 8.48. The van der Waals surface area contributed by atoms with Crippen LogP contribution in [0.15, 0.2) is 42.6 Å². The molecule has 0 radical (unpaired) electrons. The van der Waals surface area contributed by atoms with Crippen molar-refractivity contribution in [2.75, 3.05) is 0 Å². The first kappa shape index (κ1) is 19.2. The molecular formula is C19H24N4O3. The second kappa shape index (κ2) is 8.84. The Bertz CT molecular complexity index is 769. The van der Waals surface area contributed by atoms with E-state index in [0.29, 0.717) is 17.7 Å². The third-order valence-electron chi connectivity index (χ3n) is 3.86. The molecule has 7 heteroatoms. The molecule has 1 unspecified atom stereocenters. The summed E-state index contributed by atoms with van der Waals surface area (Å²) < 4.78 is 0. The largest absolute Gasteiger partial charge is 0.357 e. The maximum Gasteiger partial charge on any atom is 0.286 e. The van der Waals surface area contributed by atoms with Gasteiger partial charge in [0.15, 0.2) is 0 Å². The number of nitrogens with one attached hydrogen (secondary N) is 4. The van der Waals surface area contributed by atoms with Crippen LogP contribution in [0, 0.1) is 12.8 Å². The van der Waals surface area contributed by atoms with Gasteiger partial charge in [0.05, 0.1) is 0 Å². The SMILES string of the molecule is Cc1ccccc1C(=O)NC(CC(C)C)C(=O)NNC(=O)c1ccc[nH]1. The minimum absolute atomic E-state index is 0.182. The molecule has 1 heterocycles. The van der Waals surface area contributed by atoms with Gasteiger partial charge >= 0.3 is 0 Å². The van der Waals surface area contributed by atoms with Gasteiger partial charge in [0.25, 0.3) is 17.7 Å². The van der Waals surface area contributed by atoms with Gasteiger partial charge in [0, 0.05) is 11.8 Å². The molecule has 138 valence electrons. The maximum absolute atomic E-state index is 12.5. The van der Waals surface area contributed by atoms with Crippen LogP contribution in [0.1, 0.15) is 46.7 Å². The smallest absolute Gasteiger partial charge is 0.286 e. The van der Waals surface area contributed by atoms with Crippen molar-refractivity contribution in [3.8, 4) is 0 Å². The highest BCUT2D eigenvalue weighted by atomic mass is 16.2. The van der Waals surface area contributed by atoms with Crippen LogP contribution < -0.4 is 16.2 Å². The predicted octanol–water partition coefficient (Wildman–Crippen LogP) is 1.93. The summed E-state index contributed by atoms with van der Waals surface area (Å²) in [5.74, 6) is -1.07. The number of amides is 3. The second-order valence-corrected chi connectivity index (χ2v) is 6.50. The molecule has 0 spiro atoms. The Morgan fingerprint density at radius 2 is 1.73 bits per heavy atom. The number of H-pyrrole nitrogens is 1. The first-order chi connectivity index (χ1) is 12.4. The highest BCUT2D eigenvalue weighted by molar-refractivity contribution is 5.99. The fourth-order valence-corrected chi connectivity index (χ4v) is 2.51. The third kappa shape index (κ3) is 5.20. The average Bonchev–Trinajstić information content (AvgIpc) is 3.13. The predicted molar refractivity (Wildman–Crippen MR) is 98.3 cm³/mol. The van der Waals surface area contributed by atoms with Gasteiger partial charge in [0.1, 0.15) is 11.7 Å². The third-order valence-corrected chi connectivity index (χ3v) is 3.86. The molecular weight excluding hydrogens is 332 g/mol. The van der Waals surface area contributed by atoms with Crippen LogP contribution in [0.2, 0.25) is 0 Å². The summed E-state index contributed by atoms with van der Waals surface area (Å²) in [5.41, 5.74) is 6.39. The molecule has 26 heavy (non-hydrogen) atoms. The summed E-state index contributed by atoms with van der Waals surface area (Å²) >= 11 is 0. The lowest BCUT2D eigenvalue weighted by Crippen LogP contribution is -2.52.